The minimum absolute atomic E-state index is 0.286. The third kappa shape index (κ3) is 6.94. The molecule has 0 fully saturated rings. The van der Waals surface area contributed by atoms with Gasteiger partial charge in [0.05, 0.1) is 0 Å². The SMILES string of the molecule is CCC.CCN(C(C)(C)C)C(C)(C)CC. The number of nitrogens with zero attached hydrogens (tertiary/aromatic N) is 1. The standard InChI is InChI=1S/C11H25N.C3H8/c1-8-11(6,7)12(9-2)10(3,4)5;1-3-2/h8-9H2,1-7H3;3H2,1-2H3. The van der Waals surface area contributed by atoms with Crippen LogP contribution in [-0.2, 0) is 0 Å². The van der Waals surface area contributed by atoms with Crippen LogP contribution < -0.4 is 0 Å². The Morgan fingerprint density at radius 1 is 0.800 bits per heavy atom. The van der Waals surface area contributed by atoms with Crippen LogP contribution in [0.25, 0.3) is 0 Å². The lowest BCUT2D eigenvalue weighted by molar-refractivity contribution is 0.0301. The average Bonchev–Trinajstić information content (AvgIpc) is 2.03. The van der Waals surface area contributed by atoms with Crippen LogP contribution in [0.1, 0.15) is 75.2 Å². The van der Waals surface area contributed by atoms with E-state index in [1.807, 2.05) is 0 Å². The van der Waals surface area contributed by atoms with Gasteiger partial charge in [-0.15, -0.1) is 0 Å². The smallest absolute Gasteiger partial charge is 0.0155 e. The van der Waals surface area contributed by atoms with Crippen LogP contribution in [0.4, 0.5) is 0 Å². The van der Waals surface area contributed by atoms with E-state index in [2.05, 4.69) is 67.2 Å². The van der Waals surface area contributed by atoms with Gasteiger partial charge in [0.1, 0.15) is 0 Å². The molecule has 0 aromatic heterocycles. The highest BCUT2D eigenvalue weighted by atomic mass is 15.2. The molecule has 0 atom stereocenters. The highest BCUT2D eigenvalue weighted by Crippen LogP contribution is 2.26. The summed E-state index contributed by atoms with van der Waals surface area (Å²) in [6, 6.07) is 0. The highest BCUT2D eigenvalue weighted by Gasteiger charge is 2.31. The van der Waals surface area contributed by atoms with Crippen LogP contribution in [0.5, 0.6) is 0 Å². The van der Waals surface area contributed by atoms with Gasteiger partial charge in [-0.1, -0.05) is 34.1 Å². The molecule has 1 heteroatoms. The average molecular weight is 215 g/mol. The van der Waals surface area contributed by atoms with Crippen molar-refractivity contribution in [1.82, 2.24) is 4.90 Å². The lowest BCUT2D eigenvalue weighted by atomic mass is 9.92. The number of hydrogen-bond acceptors (Lipinski definition) is 1. The zero-order valence-electron chi connectivity index (χ0n) is 12.6. The van der Waals surface area contributed by atoms with E-state index in [1.54, 1.807) is 0 Å². The first-order valence-electron chi connectivity index (χ1n) is 6.45. The molecule has 0 aliphatic rings. The zero-order chi connectivity index (χ0) is 12.7. The van der Waals surface area contributed by atoms with Gasteiger partial charge in [0, 0.05) is 11.1 Å². The Morgan fingerprint density at radius 3 is 1.20 bits per heavy atom. The molecule has 1 nitrogen and oxygen atoms in total. The van der Waals surface area contributed by atoms with Crippen molar-refractivity contribution in [3.63, 3.8) is 0 Å². The fourth-order valence-corrected chi connectivity index (χ4v) is 2.00. The largest absolute Gasteiger partial charge is 0.294 e. The van der Waals surface area contributed by atoms with Crippen molar-refractivity contribution < 1.29 is 0 Å². The normalized spacial score (nSPS) is 12.4. The van der Waals surface area contributed by atoms with Gasteiger partial charge < -0.3 is 0 Å². The molecular weight excluding hydrogens is 182 g/mol. The van der Waals surface area contributed by atoms with Gasteiger partial charge in [-0.3, -0.25) is 4.90 Å². The maximum atomic E-state index is 2.56. The van der Waals surface area contributed by atoms with Gasteiger partial charge in [0.25, 0.3) is 0 Å². The van der Waals surface area contributed by atoms with Crippen LogP contribution in [0.2, 0.25) is 0 Å². The van der Waals surface area contributed by atoms with Crippen molar-refractivity contribution in [1.29, 1.82) is 0 Å². The summed E-state index contributed by atoms with van der Waals surface area (Å²) in [5, 5.41) is 0. The lowest BCUT2D eigenvalue weighted by Crippen LogP contribution is -2.53. The van der Waals surface area contributed by atoms with E-state index in [4.69, 9.17) is 0 Å². The van der Waals surface area contributed by atoms with E-state index in [1.165, 1.54) is 12.8 Å². The summed E-state index contributed by atoms with van der Waals surface area (Å²) in [7, 11) is 0. The third-order valence-corrected chi connectivity index (χ3v) is 2.72. The van der Waals surface area contributed by atoms with Crippen molar-refractivity contribution in [3.05, 3.63) is 0 Å². The minimum Gasteiger partial charge on any atom is -0.294 e. The molecule has 0 saturated heterocycles. The summed E-state index contributed by atoms with van der Waals surface area (Å²) in [4.78, 5) is 2.56. The lowest BCUT2D eigenvalue weighted by Gasteiger charge is -2.46. The van der Waals surface area contributed by atoms with Crippen LogP contribution in [0, 0.1) is 0 Å². The quantitative estimate of drug-likeness (QED) is 0.659. The van der Waals surface area contributed by atoms with E-state index in [-0.39, 0.29) is 5.54 Å². The van der Waals surface area contributed by atoms with Crippen LogP contribution in [-0.4, -0.2) is 22.5 Å². The summed E-state index contributed by atoms with van der Waals surface area (Å²) < 4.78 is 0. The molecule has 0 N–H and O–H groups in total. The maximum absolute atomic E-state index is 2.56. The second-order valence-electron chi connectivity index (χ2n) is 5.79. The van der Waals surface area contributed by atoms with Gasteiger partial charge in [-0.2, -0.15) is 0 Å². The molecule has 0 amide bonds. The molecule has 15 heavy (non-hydrogen) atoms. The van der Waals surface area contributed by atoms with Crippen molar-refractivity contribution in [2.75, 3.05) is 6.54 Å². The van der Waals surface area contributed by atoms with Crippen molar-refractivity contribution in [3.8, 4) is 0 Å². The van der Waals surface area contributed by atoms with Gasteiger partial charge in [0.15, 0.2) is 0 Å². The Morgan fingerprint density at radius 2 is 1.13 bits per heavy atom. The fraction of sp³-hybridized carbons (Fsp3) is 1.00. The second kappa shape index (κ2) is 7.27. The van der Waals surface area contributed by atoms with Crippen molar-refractivity contribution >= 4 is 0 Å². The first-order chi connectivity index (χ1) is 6.67. The molecular formula is C14H33N. The number of rotatable bonds is 3. The molecule has 0 bridgehead atoms. The summed E-state index contributed by atoms with van der Waals surface area (Å²) >= 11 is 0. The van der Waals surface area contributed by atoms with Crippen LogP contribution in [0.15, 0.2) is 0 Å². The third-order valence-electron chi connectivity index (χ3n) is 2.72. The molecule has 0 radical (unpaired) electrons. The molecule has 94 valence electrons. The van der Waals surface area contributed by atoms with E-state index in [0.29, 0.717) is 5.54 Å². The summed E-state index contributed by atoms with van der Waals surface area (Å²) in [6.07, 6.45) is 2.46. The molecule has 0 aromatic rings. The molecule has 0 aliphatic heterocycles. The topological polar surface area (TPSA) is 3.24 Å². The zero-order valence-corrected chi connectivity index (χ0v) is 12.6. The van der Waals surface area contributed by atoms with E-state index in [9.17, 15) is 0 Å². The van der Waals surface area contributed by atoms with Crippen molar-refractivity contribution in [2.45, 2.75) is 86.2 Å². The van der Waals surface area contributed by atoms with Crippen molar-refractivity contribution in [2.24, 2.45) is 0 Å². The summed E-state index contributed by atoms with van der Waals surface area (Å²) in [6.45, 7) is 21.4. The minimum atomic E-state index is 0.286. The Hall–Kier alpha value is -0.0400. The summed E-state index contributed by atoms with van der Waals surface area (Å²) in [5.41, 5.74) is 0.612. The van der Waals surface area contributed by atoms with E-state index >= 15 is 0 Å². The van der Waals surface area contributed by atoms with Gasteiger partial charge >= 0.3 is 0 Å². The second-order valence-corrected chi connectivity index (χ2v) is 5.79. The van der Waals surface area contributed by atoms with Crippen LogP contribution in [0.3, 0.4) is 0 Å². The molecule has 0 unspecified atom stereocenters. The Kier molecular flexibility index (Phi) is 8.41. The predicted octanol–water partition coefficient (Wildman–Crippen LogP) is 4.71. The Balaban J connectivity index is 0. The van der Waals surface area contributed by atoms with Gasteiger partial charge in [-0.25, -0.2) is 0 Å². The molecule has 0 spiro atoms. The maximum Gasteiger partial charge on any atom is 0.0155 e. The fourth-order valence-electron chi connectivity index (χ4n) is 2.00. The Bertz CT molecular complexity index is 142. The van der Waals surface area contributed by atoms with Gasteiger partial charge in [0.2, 0.25) is 0 Å². The number of hydrogen-bond donors (Lipinski definition) is 0. The van der Waals surface area contributed by atoms with Gasteiger partial charge in [-0.05, 0) is 47.6 Å². The monoisotopic (exact) mass is 215 g/mol. The molecule has 0 aliphatic carbocycles. The summed E-state index contributed by atoms with van der Waals surface area (Å²) in [5.74, 6) is 0. The predicted molar refractivity (Wildman–Crippen MR) is 72.5 cm³/mol. The van der Waals surface area contributed by atoms with Crippen LogP contribution >= 0.6 is 0 Å². The molecule has 0 rings (SSSR count). The first-order valence-corrected chi connectivity index (χ1v) is 6.45. The molecule has 0 saturated carbocycles. The first kappa shape index (κ1) is 17.4. The highest BCUT2D eigenvalue weighted by molar-refractivity contribution is 4.87. The molecule has 0 heterocycles. The van der Waals surface area contributed by atoms with E-state index < -0.39 is 0 Å². The Labute approximate surface area is 98.2 Å². The molecule has 0 aromatic carbocycles. The van der Waals surface area contributed by atoms with E-state index in [0.717, 1.165) is 6.54 Å².